The van der Waals surface area contributed by atoms with Gasteiger partial charge >= 0.3 is 0 Å². The zero-order valence-electron chi connectivity index (χ0n) is 25.7. The number of anilines is 1. The van der Waals surface area contributed by atoms with Crippen LogP contribution >= 0.6 is 0 Å². The highest BCUT2D eigenvalue weighted by molar-refractivity contribution is 5.76. The fraction of sp³-hybridized carbons (Fsp3) is 0.394. The number of aromatic nitrogens is 4. The summed E-state index contributed by atoms with van der Waals surface area (Å²) in [6, 6.07) is 14.8. The summed E-state index contributed by atoms with van der Waals surface area (Å²) < 4.78 is 24.9. The average Bonchev–Trinajstić information content (AvgIpc) is 3.57. The number of carbonyl (C=O) groups is 1. The van der Waals surface area contributed by atoms with Gasteiger partial charge in [-0.25, -0.2) is 19.3 Å². The Morgan fingerprint density at radius 1 is 1.07 bits per heavy atom. The third-order valence-corrected chi connectivity index (χ3v) is 7.88. The smallest absolute Gasteiger partial charge is 0.221 e. The van der Waals surface area contributed by atoms with Crippen LogP contribution in [-0.4, -0.2) is 77.2 Å². The lowest BCUT2D eigenvalue weighted by atomic mass is 10.0. The molecule has 1 atom stereocenters. The summed E-state index contributed by atoms with van der Waals surface area (Å²) >= 11 is 0. The van der Waals surface area contributed by atoms with Crippen molar-refractivity contribution in [3.05, 3.63) is 83.6 Å². The Morgan fingerprint density at radius 2 is 1.86 bits per heavy atom. The van der Waals surface area contributed by atoms with E-state index >= 15 is 0 Å². The van der Waals surface area contributed by atoms with E-state index in [0.717, 1.165) is 34.8 Å². The first-order chi connectivity index (χ1) is 21.3. The minimum atomic E-state index is -0.399. The van der Waals surface area contributed by atoms with Crippen LogP contribution < -0.4 is 19.7 Å². The molecule has 0 radical (unpaired) electrons. The zero-order chi connectivity index (χ0) is 31.1. The summed E-state index contributed by atoms with van der Waals surface area (Å²) in [6.07, 6.45) is 4.45. The van der Waals surface area contributed by atoms with E-state index in [4.69, 9.17) is 19.4 Å². The van der Waals surface area contributed by atoms with Crippen molar-refractivity contribution in [3.8, 4) is 23.1 Å². The van der Waals surface area contributed by atoms with E-state index in [0.29, 0.717) is 50.8 Å². The largest absolute Gasteiger partial charge is 0.497 e. The van der Waals surface area contributed by atoms with E-state index in [1.165, 1.54) is 13.2 Å². The maximum absolute atomic E-state index is 14.5. The number of nitrogens with one attached hydrogen (secondary N) is 2. The van der Waals surface area contributed by atoms with Gasteiger partial charge in [-0.1, -0.05) is 32.0 Å². The number of imidazole rings is 1. The van der Waals surface area contributed by atoms with Crippen molar-refractivity contribution in [2.24, 2.45) is 0 Å². The van der Waals surface area contributed by atoms with Crippen LogP contribution in [0, 0.1) is 5.82 Å². The van der Waals surface area contributed by atoms with Crippen molar-refractivity contribution in [3.63, 3.8) is 0 Å². The molecule has 1 aliphatic heterocycles. The average molecular weight is 602 g/mol. The number of ether oxygens (including phenoxy) is 2. The van der Waals surface area contributed by atoms with E-state index in [1.54, 1.807) is 25.6 Å². The van der Waals surface area contributed by atoms with Crippen molar-refractivity contribution in [1.82, 2.24) is 30.2 Å². The molecule has 10 nitrogen and oxygen atoms in total. The number of H-pyrrole nitrogens is 1. The second kappa shape index (κ2) is 14.3. The van der Waals surface area contributed by atoms with Crippen LogP contribution in [0.15, 0.2) is 60.9 Å². The zero-order valence-corrected chi connectivity index (χ0v) is 25.7. The number of hydrogen-bond acceptors (Lipinski definition) is 8. The third kappa shape index (κ3) is 7.71. The number of piperazine rings is 1. The number of benzene rings is 2. The SMILES string of the molecule is COc1ccc(CCNC(=O)CC2CN(c3cc(C(C)C)nc(-c4ncc[nH]4)n3)CCN2Cc2ccc(OC)c(F)c2)cc1. The Labute approximate surface area is 257 Å². The van der Waals surface area contributed by atoms with Crippen LogP contribution in [0.5, 0.6) is 11.5 Å². The Hall–Kier alpha value is -4.51. The summed E-state index contributed by atoms with van der Waals surface area (Å²) in [5, 5.41) is 3.09. The highest BCUT2D eigenvalue weighted by Crippen LogP contribution is 2.27. The molecule has 11 heteroatoms. The molecule has 2 aromatic heterocycles. The number of carbonyl (C=O) groups excluding carboxylic acids is 1. The molecule has 4 aromatic rings. The van der Waals surface area contributed by atoms with Gasteiger partial charge in [0.15, 0.2) is 23.2 Å². The van der Waals surface area contributed by atoms with E-state index in [2.05, 4.69) is 38.9 Å². The van der Waals surface area contributed by atoms with Gasteiger partial charge in [-0.2, -0.15) is 0 Å². The van der Waals surface area contributed by atoms with Gasteiger partial charge in [0.2, 0.25) is 5.91 Å². The van der Waals surface area contributed by atoms with E-state index in [1.807, 2.05) is 36.4 Å². The summed E-state index contributed by atoms with van der Waals surface area (Å²) in [6.45, 7) is 7.19. The van der Waals surface area contributed by atoms with Crippen LogP contribution in [0.1, 0.15) is 43.0 Å². The standard InChI is InChI=1S/C33H40FN7O3/c1-22(2)28-19-30(39-33(38-28)32-36-13-14-37-32)41-16-15-40(20-24-7-10-29(44-4)27(34)17-24)25(21-41)18-31(42)35-12-11-23-5-8-26(43-3)9-6-23/h5-10,13-14,17,19,22,25H,11-12,15-16,18,20-21H2,1-4H3,(H,35,42)(H,36,37). The normalized spacial score (nSPS) is 15.4. The van der Waals surface area contributed by atoms with Gasteiger partial charge in [-0.05, 0) is 47.7 Å². The number of aromatic amines is 1. The minimum Gasteiger partial charge on any atom is -0.497 e. The molecule has 2 N–H and O–H groups in total. The van der Waals surface area contributed by atoms with E-state index in [9.17, 15) is 9.18 Å². The van der Waals surface area contributed by atoms with Gasteiger partial charge in [0.05, 0.1) is 14.2 Å². The van der Waals surface area contributed by atoms with E-state index in [-0.39, 0.29) is 23.6 Å². The maximum Gasteiger partial charge on any atom is 0.221 e. The minimum absolute atomic E-state index is 0.0295. The van der Waals surface area contributed by atoms with E-state index < -0.39 is 5.82 Å². The second-order valence-corrected chi connectivity index (χ2v) is 11.3. The van der Waals surface area contributed by atoms with Crippen LogP contribution in [0.25, 0.3) is 11.6 Å². The molecular formula is C33H40FN7O3. The summed E-state index contributed by atoms with van der Waals surface area (Å²) in [5.74, 6) is 2.74. The van der Waals surface area contributed by atoms with Gasteiger partial charge in [-0.3, -0.25) is 9.69 Å². The molecule has 1 aliphatic rings. The van der Waals surface area contributed by atoms with Crippen molar-refractivity contribution >= 4 is 11.7 Å². The monoisotopic (exact) mass is 601 g/mol. The van der Waals surface area contributed by atoms with Crippen LogP contribution in [0.3, 0.4) is 0 Å². The quantitative estimate of drug-likeness (QED) is 0.243. The lowest BCUT2D eigenvalue weighted by Crippen LogP contribution is -2.54. The second-order valence-electron chi connectivity index (χ2n) is 11.3. The van der Waals surface area contributed by atoms with Gasteiger partial charge in [-0.15, -0.1) is 0 Å². The molecule has 0 saturated carbocycles. The summed E-state index contributed by atoms with van der Waals surface area (Å²) in [5.41, 5.74) is 2.87. The third-order valence-electron chi connectivity index (χ3n) is 7.88. The van der Waals surface area contributed by atoms with Gasteiger partial charge in [0.1, 0.15) is 11.6 Å². The molecule has 2 aromatic carbocycles. The molecular weight excluding hydrogens is 561 g/mol. The number of hydrogen-bond donors (Lipinski definition) is 2. The molecule has 0 spiro atoms. The number of rotatable bonds is 12. The van der Waals surface area contributed by atoms with Gasteiger partial charge < -0.3 is 24.7 Å². The molecule has 0 aliphatic carbocycles. The maximum atomic E-state index is 14.5. The van der Waals surface area contributed by atoms with Crippen molar-refractivity contribution in [2.75, 3.05) is 45.3 Å². The Bertz CT molecular complexity index is 1530. The van der Waals surface area contributed by atoms with Crippen LogP contribution in [-0.2, 0) is 17.8 Å². The number of nitrogens with zero attached hydrogens (tertiary/aromatic N) is 5. The van der Waals surface area contributed by atoms with Crippen molar-refractivity contribution < 1.29 is 18.7 Å². The Morgan fingerprint density at radius 3 is 2.55 bits per heavy atom. The molecule has 0 bridgehead atoms. The first-order valence-electron chi connectivity index (χ1n) is 14.9. The van der Waals surface area contributed by atoms with Crippen molar-refractivity contribution in [1.29, 1.82) is 0 Å². The lowest BCUT2D eigenvalue weighted by molar-refractivity contribution is -0.122. The van der Waals surface area contributed by atoms with Crippen LogP contribution in [0.2, 0.25) is 0 Å². The number of methoxy groups -OCH3 is 2. The Kier molecular flexibility index (Phi) is 10.1. The molecule has 232 valence electrons. The fourth-order valence-electron chi connectivity index (χ4n) is 5.37. The topological polar surface area (TPSA) is 108 Å². The first-order valence-corrected chi connectivity index (χ1v) is 14.9. The lowest BCUT2D eigenvalue weighted by Gasteiger charge is -2.42. The van der Waals surface area contributed by atoms with Crippen molar-refractivity contribution in [2.45, 2.75) is 45.2 Å². The van der Waals surface area contributed by atoms with Gasteiger partial charge in [0, 0.05) is 69.3 Å². The molecule has 3 heterocycles. The number of amides is 1. The van der Waals surface area contributed by atoms with Crippen LogP contribution in [0.4, 0.5) is 10.2 Å². The molecule has 1 amide bonds. The molecule has 1 saturated heterocycles. The molecule has 44 heavy (non-hydrogen) atoms. The molecule has 1 fully saturated rings. The predicted molar refractivity (Wildman–Crippen MR) is 167 cm³/mol. The highest BCUT2D eigenvalue weighted by atomic mass is 19.1. The fourth-order valence-corrected chi connectivity index (χ4v) is 5.37. The first kappa shape index (κ1) is 30.9. The molecule has 1 unspecified atom stereocenters. The number of halogens is 1. The Balaban J connectivity index is 1.32. The van der Waals surface area contributed by atoms with Gasteiger partial charge in [0.25, 0.3) is 0 Å². The summed E-state index contributed by atoms with van der Waals surface area (Å²) in [7, 11) is 3.10. The predicted octanol–water partition coefficient (Wildman–Crippen LogP) is 4.59. The highest BCUT2D eigenvalue weighted by Gasteiger charge is 2.30. The summed E-state index contributed by atoms with van der Waals surface area (Å²) in [4.78, 5) is 34.8. The molecule has 5 rings (SSSR count).